The molecule has 2 fully saturated rings. The molecule has 208 valence electrons. The van der Waals surface area contributed by atoms with Crippen molar-refractivity contribution in [2.24, 2.45) is 0 Å². The van der Waals surface area contributed by atoms with E-state index < -0.39 is 24.3 Å². The van der Waals surface area contributed by atoms with E-state index >= 15 is 0 Å². The number of halogens is 4. The molecule has 0 radical (unpaired) electrons. The van der Waals surface area contributed by atoms with Crippen molar-refractivity contribution in [1.29, 1.82) is 0 Å². The van der Waals surface area contributed by atoms with Crippen molar-refractivity contribution in [2.45, 2.75) is 57.9 Å². The van der Waals surface area contributed by atoms with Crippen molar-refractivity contribution in [3.8, 4) is 0 Å². The molecule has 1 aromatic heterocycles. The summed E-state index contributed by atoms with van der Waals surface area (Å²) >= 11 is 6.34. The Morgan fingerprint density at radius 3 is 2.45 bits per heavy atom. The topological polar surface area (TPSA) is 90.6 Å². The highest BCUT2D eigenvalue weighted by atomic mass is 35.5. The number of hydrogen-bond acceptors (Lipinski definition) is 7. The maximum Gasteiger partial charge on any atom is 0.405 e. The molecule has 2 saturated heterocycles. The van der Waals surface area contributed by atoms with Crippen molar-refractivity contribution < 1.29 is 18.0 Å². The number of carbonyl (C=O) groups is 1. The number of likely N-dealkylation sites (tertiary alicyclic amines) is 1. The molecule has 2 aromatic rings. The highest BCUT2D eigenvalue weighted by molar-refractivity contribution is 6.32. The average molecular weight is 554 g/mol. The number of piperidine rings is 1. The van der Waals surface area contributed by atoms with Gasteiger partial charge < -0.3 is 16.0 Å². The molecule has 1 unspecified atom stereocenters. The molecule has 3 N–H and O–H groups in total. The third-order valence-corrected chi connectivity index (χ3v) is 7.63. The van der Waals surface area contributed by atoms with Gasteiger partial charge in [0, 0.05) is 38.3 Å². The van der Waals surface area contributed by atoms with E-state index in [1.807, 2.05) is 4.90 Å². The maximum absolute atomic E-state index is 12.5. The normalized spacial score (nSPS) is 20.1. The van der Waals surface area contributed by atoms with Crippen molar-refractivity contribution in [3.63, 3.8) is 0 Å². The Labute approximate surface area is 226 Å². The number of hydrogen-bond donors (Lipinski definition) is 2. The summed E-state index contributed by atoms with van der Waals surface area (Å²) in [6.07, 6.45) is -1.39. The summed E-state index contributed by atoms with van der Waals surface area (Å²) in [7, 11) is 0. The molecular weight excluding hydrogens is 519 g/mol. The zero-order chi connectivity index (χ0) is 27.4. The second-order valence-electron chi connectivity index (χ2n) is 10.1. The van der Waals surface area contributed by atoms with Crippen LogP contribution >= 0.6 is 11.6 Å². The predicted octanol–water partition coefficient (Wildman–Crippen LogP) is 3.88. The number of aromatic nitrogens is 2. The Hall–Kier alpha value is -2.63. The summed E-state index contributed by atoms with van der Waals surface area (Å²) in [4.78, 5) is 27.5. The van der Waals surface area contributed by atoms with E-state index in [-0.39, 0.29) is 17.0 Å². The van der Waals surface area contributed by atoms with Crippen LogP contribution in [0, 0.1) is 6.92 Å². The minimum absolute atomic E-state index is 0.0518. The summed E-state index contributed by atoms with van der Waals surface area (Å²) in [6, 6.07) is 9.52. The number of carbonyl (C=O) groups excluding carboxylic acids is 1. The lowest BCUT2D eigenvalue weighted by Crippen LogP contribution is -2.58. The first-order chi connectivity index (χ1) is 18.0. The highest BCUT2D eigenvalue weighted by Crippen LogP contribution is 2.30. The van der Waals surface area contributed by atoms with E-state index in [9.17, 15) is 18.0 Å². The molecule has 38 heavy (non-hydrogen) atoms. The highest BCUT2D eigenvalue weighted by Gasteiger charge is 2.35. The number of nitrogen functional groups attached to an aromatic ring is 1. The Morgan fingerprint density at radius 2 is 1.82 bits per heavy atom. The number of aryl methyl sites for hydroxylation is 1. The van der Waals surface area contributed by atoms with Crippen LogP contribution in [0.5, 0.6) is 0 Å². The van der Waals surface area contributed by atoms with Gasteiger partial charge in [-0.1, -0.05) is 48.4 Å². The van der Waals surface area contributed by atoms with Crippen molar-refractivity contribution in [2.75, 3.05) is 49.9 Å². The van der Waals surface area contributed by atoms with Crippen LogP contribution in [0.4, 0.5) is 24.8 Å². The molecule has 1 aromatic carbocycles. The fourth-order valence-electron chi connectivity index (χ4n) is 5.32. The average Bonchev–Trinajstić information content (AvgIpc) is 2.89. The summed E-state index contributed by atoms with van der Waals surface area (Å²) in [5.41, 5.74) is 8.11. The van der Waals surface area contributed by atoms with Crippen LogP contribution in [0.1, 0.15) is 47.8 Å². The Kier molecular flexibility index (Phi) is 9.00. The number of piperazine rings is 1. The molecule has 2 aliphatic rings. The van der Waals surface area contributed by atoms with Crippen LogP contribution < -0.4 is 16.0 Å². The zero-order valence-electron chi connectivity index (χ0n) is 21.8. The number of benzene rings is 1. The molecule has 1 atom stereocenters. The number of rotatable bonds is 7. The summed E-state index contributed by atoms with van der Waals surface area (Å²) < 4.78 is 37.4. The number of alkyl halides is 3. The van der Waals surface area contributed by atoms with Gasteiger partial charge in [-0.3, -0.25) is 14.6 Å². The van der Waals surface area contributed by atoms with Gasteiger partial charge in [-0.15, -0.1) is 0 Å². The van der Waals surface area contributed by atoms with Gasteiger partial charge in [-0.05, 0) is 44.8 Å². The second-order valence-corrected chi connectivity index (χ2v) is 10.5. The van der Waals surface area contributed by atoms with Crippen LogP contribution in [-0.2, 0) is 6.54 Å². The zero-order valence-corrected chi connectivity index (χ0v) is 22.5. The first-order valence-corrected chi connectivity index (χ1v) is 13.4. The van der Waals surface area contributed by atoms with E-state index in [4.69, 9.17) is 17.3 Å². The molecular formula is C26H35ClF3N7O. The van der Waals surface area contributed by atoms with Gasteiger partial charge in [-0.25, -0.2) is 9.97 Å². The molecule has 3 heterocycles. The smallest absolute Gasteiger partial charge is 0.382 e. The van der Waals surface area contributed by atoms with Crippen LogP contribution in [0.25, 0.3) is 0 Å². The van der Waals surface area contributed by atoms with Gasteiger partial charge in [0.1, 0.15) is 6.54 Å². The molecule has 0 spiro atoms. The van der Waals surface area contributed by atoms with Gasteiger partial charge in [0.15, 0.2) is 22.5 Å². The van der Waals surface area contributed by atoms with E-state index in [1.165, 1.54) is 11.1 Å². The number of nitrogens with zero attached hydrogens (tertiary/aromatic N) is 5. The minimum atomic E-state index is -4.55. The van der Waals surface area contributed by atoms with Crippen LogP contribution in [0.2, 0.25) is 5.15 Å². The molecule has 8 nitrogen and oxygen atoms in total. The van der Waals surface area contributed by atoms with E-state index in [0.717, 1.165) is 45.4 Å². The minimum Gasteiger partial charge on any atom is -0.382 e. The first kappa shape index (κ1) is 28.4. The SMILES string of the molecule is CCC1CN(c2nc(N)c(C(=O)NCC(F)(F)F)nc2Cl)CCN1C1CCN(Cc2ccc(C)cc2)CC1. The van der Waals surface area contributed by atoms with Crippen molar-refractivity contribution >= 4 is 29.1 Å². The standard InChI is InChI=1S/C26H35ClF3N7O/c1-3-19-15-36(24-22(27)33-21(23(31)34-24)25(38)32-16-26(28,29)30)12-13-37(19)20-8-10-35(11-9-20)14-18-6-4-17(2)5-7-18/h4-7,19-20H,3,8-16H2,1-2H3,(H2,31,34)(H,32,38). The van der Waals surface area contributed by atoms with Gasteiger partial charge in [0.05, 0.1) is 0 Å². The summed E-state index contributed by atoms with van der Waals surface area (Å²) in [5, 5.41) is 1.70. The summed E-state index contributed by atoms with van der Waals surface area (Å²) in [5.74, 6) is -0.964. The molecule has 1 amide bonds. The molecule has 12 heteroatoms. The number of amides is 1. The van der Waals surface area contributed by atoms with Crippen LogP contribution in [0.15, 0.2) is 24.3 Å². The van der Waals surface area contributed by atoms with E-state index in [0.29, 0.717) is 24.9 Å². The number of nitrogens with one attached hydrogen (secondary N) is 1. The lowest BCUT2D eigenvalue weighted by Gasteiger charge is -2.47. The van der Waals surface area contributed by atoms with Gasteiger partial charge in [-0.2, -0.15) is 13.2 Å². The monoisotopic (exact) mass is 553 g/mol. The third-order valence-electron chi connectivity index (χ3n) is 7.38. The van der Waals surface area contributed by atoms with E-state index in [2.05, 4.69) is 57.9 Å². The first-order valence-electron chi connectivity index (χ1n) is 13.0. The van der Waals surface area contributed by atoms with Crippen molar-refractivity contribution in [1.82, 2.24) is 25.1 Å². The summed E-state index contributed by atoms with van der Waals surface area (Å²) in [6.45, 7) is 8.02. The molecule has 4 rings (SSSR count). The van der Waals surface area contributed by atoms with Crippen LogP contribution in [0.3, 0.4) is 0 Å². The fraction of sp³-hybridized carbons (Fsp3) is 0.577. The Morgan fingerprint density at radius 1 is 1.13 bits per heavy atom. The predicted molar refractivity (Wildman–Crippen MR) is 142 cm³/mol. The van der Waals surface area contributed by atoms with E-state index in [1.54, 1.807) is 5.32 Å². The fourth-order valence-corrected chi connectivity index (χ4v) is 5.56. The maximum atomic E-state index is 12.5. The number of anilines is 2. The van der Waals surface area contributed by atoms with Crippen molar-refractivity contribution in [3.05, 3.63) is 46.2 Å². The van der Waals surface area contributed by atoms with Crippen LogP contribution in [-0.4, -0.2) is 83.2 Å². The van der Waals surface area contributed by atoms with Gasteiger partial charge in [0.25, 0.3) is 5.91 Å². The lowest BCUT2D eigenvalue weighted by molar-refractivity contribution is -0.123. The van der Waals surface area contributed by atoms with Gasteiger partial charge in [0.2, 0.25) is 0 Å². The van der Waals surface area contributed by atoms with Gasteiger partial charge >= 0.3 is 6.18 Å². The molecule has 0 aliphatic carbocycles. The lowest BCUT2D eigenvalue weighted by atomic mass is 9.98. The molecule has 0 saturated carbocycles. The Balaban J connectivity index is 1.35. The quantitative estimate of drug-likeness (QED) is 0.538. The Bertz CT molecular complexity index is 1110. The second kappa shape index (κ2) is 12.0. The third kappa shape index (κ3) is 7.06. The number of nitrogens with two attached hydrogens (primary N) is 1. The largest absolute Gasteiger partial charge is 0.405 e. The molecule has 2 aliphatic heterocycles. The molecule has 0 bridgehead atoms.